The quantitative estimate of drug-likeness (QED) is 0.645. The van der Waals surface area contributed by atoms with Crippen LogP contribution in [0, 0.1) is 0 Å². The van der Waals surface area contributed by atoms with Gasteiger partial charge in [0.05, 0.1) is 12.3 Å². The van der Waals surface area contributed by atoms with Gasteiger partial charge in [0.25, 0.3) is 0 Å². The monoisotopic (exact) mass is 450 g/mol. The number of hydrogen-bond donors (Lipinski definition) is 1. The molecule has 166 valence electrons. The Morgan fingerprint density at radius 1 is 1.10 bits per heavy atom. The Hall–Kier alpha value is -1.64. The number of hydrogen-bond acceptors (Lipinski definition) is 5. The predicted octanol–water partition coefficient (Wildman–Crippen LogP) is 2.86. The molecule has 1 N–H and O–H groups in total. The number of benzene rings is 1. The van der Waals surface area contributed by atoms with E-state index in [0.29, 0.717) is 25.4 Å². The van der Waals surface area contributed by atoms with Gasteiger partial charge < -0.3 is 15.1 Å². The second kappa shape index (κ2) is 12.3. The number of thiocarbonyl (C=S) groups is 1. The highest BCUT2D eigenvalue weighted by Crippen LogP contribution is 2.22. The van der Waals surface area contributed by atoms with E-state index >= 15 is 0 Å². The van der Waals surface area contributed by atoms with Gasteiger partial charge in [0.2, 0.25) is 11.8 Å². The molecule has 0 saturated carbocycles. The molecule has 1 aromatic rings. The van der Waals surface area contributed by atoms with Crippen LogP contribution >= 0.6 is 24.0 Å². The van der Waals surface area contributed by atoms with Gasteiger partial charge in [-0.05, 0) is 30.4 Å². The molecule has 0 aromatic heterocycles. The number of carbonyl (C=O) groups is 2. The smallest absolute Gasteiger partial charge is 0.238 e. The van der Waals surface area contributed by atoms with Crippen LogP contribution in [-0.4, -0.2) is 83.4 Å². The van der Waals surface area contributed by atoms with Crippen molar-refractivity contribution in [1.82, 2.24) is 14.7 Å². The van der Waals surface area contributed by atoms with Crippen molar-refractivity contribution < 1.29 is 9.59 Å². The molecule has 0 radical (unpaired) electrons. The second-order valence-electron chi connectivity index (χ2n) is 7.67. The number of thioether (sulfide) groups is 1. The summed E-state index contributed by atoms with van der Waals surface area (Å²) in [5, 5.41) is 3.14. The molecule has 0 unspecified atom stereocenters. The highest BCUT2D eigenvalue weighted by Gasteiger charge is 2.21. The minimum Gasteiger partial charge on any atom is -0.364 e. The first kappa shape index (κ1) is 24.6. The third-order valence-corrected chi connectivity index (χ3v) is 6.98. The van der Waals surface area contributed by atoms with Gasteiger partial charge in [0.1, 0.15) is 4.32 Å². The van der Waals surface area contributed by atoms with Crippen molar-refractivity contribution in [3.63, 3.8) is 0 Å². The maximum atomic E-state index is 12.7. The SMILES string of the molecule is CCc1cccc(CC)c1NC(=O)CN1CCCN(C(=O)CSC(=S)N(C)C)CC1. The van der Waals surface area contributed by atoms with Crippen molar-refractivity contribution >= 4 is 45.8 Å². The molecule has 1 heterocycles. The zero-order valence-corrected chi connectivity index (χ0v) is 20.2. The van der Waals surface area contributed by atoms with E-state index in [1.165, 1.54) is 22.9 Å². The number of rotatable bonds is 7. The molecule has 0 bridgehead atoms. The number of nitrogens with zero attached hydrogens (tertiary/aromatic N) is 3. The third kappa shape index (κ3) is 7.25. The molecule has 1 saturated heterocycles. The summed E-state index contributed by atoms with van der Waals surface area (Å²) in [6.07, 6.45) is 2.65. The molecule has 1 fully saturated rings. The van der Waals surface area contributed by atoms with Crippen LogP contribution in [0.2, 0.25) is 0 Å². The van der Waals surface area contributed by atoms with Crippen LogP contribution in [0.3, 0.4) is 0 Å². The zero-order valence-electron chi connectivity index (χ0n) is 18.6. The summed E-state index contributed by atoms with van der Waals surface area (Å²) in [6, 6.07) is 6.20. The molecule has 0 atom stereocenters. The van der Waals surface area contributed by atoms with Crippen LogP contribution in [0.25, 0.3) is 0 Å². The van der Waals surface area contributed by atoms with E-state index in [1.807, 2.05) is 23.9 Å². The minimum absolute atomic E-state index is 0.0114. The molecule has 1 aliphatic rings. The van der Waals surface area contributed by atoms with Gasteiger partial charge in [-0.15, -0.1) is 0 Å². The van der Waals surface area contributed by atoms with Crippen molar-refractivity contribution in [2.75, 3.05) is 57.9 Å². The lowest BCUT2D eigenvalue weighted by atomic mass is 10.0. The lowest BCUT2D eigenvalue weighted by Crippen LogP contribution is -2.39. The van der Waals surface area contributed by atoms with Gasteiger partial charge in [0, 0.05) is 46.0 Å². The number of para-hydroxylation sites is 1. The molecule has 0 spiro atoms. The van der Waals surface area contributed by atoms with E-state index in [0.717, 1.165) is 42.4 Å². The van der Waals surface area contributed by atoms with Crippen molar-refractivity contribution in [3.8, 4) is 0 Å². The molecular weight excluding hydrogens is 416 g/mol. The van der Waals surface area contributed by atoms with Gasteiger partial charge in [-0.3, -0.25) is 14.5 Å². The summed E-state index contributed by atoms with van der Waals surface area (Å²) < 4.78 is 0.718. The fourth-order valence-electron chi connectivity index (χ4n) is 3.51. The summed E-state index contributed by atoms with van der Waals surface area (Å²) >= 11 is 6.65. The number of amides is 2. The third-order valence-electron chi connectivity index (χ3n) is 5.26. The second-order valence-corrected chi connectivity index (χ2v) is 9.28. The van der Waals surface area contributed by atoms with Gasteiger partial charge >= 0.3 is 0 Å². The van der Waals surface area contributed by atoms with E-state index < -0.39 is 0 Å². The molecule has 2 rings (SSSR count). The largest absolute Gasteiger partial charge is 0.364 e. The van der Waals surface area contributed by atoms with Crippen LogP contribution in [-0.2, 0) is 22.4 Å². The molecule has 0 aliphatic carbocycles. The normalized spacial score (nSPS) is 14.9. The summed E-state index contributed by atoms with van der Waals surface area (Å²) in [7, 11) is 3.77. The number of carbonyl (C=O) groups excluding carboxylic acids is 2. The van der Waals surface area contributed by atoms with Crippen molar-refractivity contribution in [3.05, 3.63) is 29.3 Å². The first-order valence-electron chi connectivity index (χ1n) is 10.6. The van der Waals surface area contributed by atoms with E-state index in [1.54, 1.807) is 0 Å². The number of aryl methyl sites for hydroxylation is 2. The lowest BCUT2D eigenvalue weighted by Gasteiger charge is -2.22. The van der Waals surface area contributed by atoms with Crippen molar-refractivity contribution in [1.29, 1.82) is 0 Å². The van der Waals surface area contributed by atoms with E-state index in [4.69, 9.17) is 12.2 Å². The summed E-state index contributed by atoms with van der Waals surface area (Å²) in [6.45, 7) is 7.46. The molecule has 1 aliphatic heterocycles. The van der Waals surface area contributed by atoms with Crippen LogP contribution < -0.4 is 5.32 Å². The maximum absolute atomic E-state index is 12.7. The average Bonchev–Trinajstić information content (AvgIpc) is 2.97. The van der Waals surface area contributed by atoms with Gasteiger partial charge in [0.15, 0.2) is 0 Å². The van der Waals surface area contributed by atoms with E-state index in [-0.39, 0.29) is 11.8 Å². The molecular formula is C22H34N4O2S2. The van der Waals surface area contributed by atoms with Crippen LogP contribution in [0.15, 0.2) is 18.2 Å². The average molecular weight is 451 g/mol. The van der Waals surface area contributed by atoms with Crippen molar-refractivity contribution in [2.45, 2.75) is 33.1 Å². The molecule has 2 amide bonds. The lowest BCUT2D eigenvalue weighted by molar-refractivity contribution is -0.128. The first-order chi connectivity index (χ1) is 14.3. The highest BCUT2D eigenvalue weighted by molar-refractivity contribution is 8.23. The van der Waals surface area contributed by atoms with Gasteiger partial charge in [-0.1, -0.05) is 56.0 Å². The van der Waals surface area contributed by atoms with E-state index in [2.05, 4.69) is 42.3 Å². The Labute approximate surface area is 190 Å². The Morgan fingerprint density at radius 3 is 2.37 bits per heavy atom. The Bertz CT molecular complexity index is 732. The summed E-state index contributed by atoms with van der Waals surface area (Å²) in [5.74, 6) is 0.489. The number of anilines is 1. The first-order valence-corrected chi connectivity index (χ1v) is 12.0. The Morgan fingerprint density at radius 2 is 1.77 bits per heavy atom. The van der Waals surface area contributed by atoms with Crippen molar-refractivity contribution in [2.24, 2.45) is 0 Å². The van der Waals surface area contributed by atoms with Crippen LogP contribution in [0.4, 0.5) is 5.69 Å². The molecule has 6 nitrogen and oxygen atoms in total. The molecule has 1 aromatic carbocycles. The molecule has 8 heteroatoms. The summed E-state index contributed by atoms with van der Waals surface area (Å²) in [4.78, 5) is 31.1. The Balaban J connectivity index is 1.87. The van der Waals surface area contributed by atoms with Gasteiger partial charge in [-0.25, -0.2) is 0 Å². The predicted molar refractivity (Wildman–Crippen MR) is 130 cm³/mol. The topological polar surface area (TPSA) is 55.9 Å². The Kier molecular flexibility index (Phi) is 10.1. The fraction of sp³-hybridized carbons (Fsp3) is 0.591. The fourth-order valence-corrected chi connectivity index (χ4v) is 4.37. The minimum atomic E-state index is 0.0114. The zero-order chi connectivity index (χ0) is 22.1. The maximum Gasteiger partial charge on any atom is 0.238 e. The van der Waals surface area contributed by atoms with Crippen LogP contribution in [0.1, 0.15) is 31.4 Å². The summed E-state index contributed by atoms with van der Waals surface area (Å²) in [5.41, 5.74) is 3.31. The van der Waals surface area contributed by atoms with Gasteiger partial charge in [-0.2, -0.15) is 0 Å². The number of nitrogens with one attached hydrogen (secondary N) is 1. The molecule has 30 heavy (non-hydrogen) atoms. The van der Waals surface area contributed by atoms with Crippen LogP contribution in [0.5, 0.6) is 0 Å². The van der Waals surface area contributed by atoms with E-state index in [9.17, 15) is 9.59 Å². The standard InChI is InChI=1S/C22H34N4O2S2/c1-5-17-9-7-10-18(6-2)21(17)23-19(27)15-25-11-8-12-26(14-13-25)20(28)16-30-22(29)24(3)4/h7,9-10H,5-6,8,11-16H2,1-4H3,(H,23,27). The highest BCUT2D eigenvalue weighted by atomic mass is 32.2.